The molecule has 5 heteroatoms. The Morgan fingerprint density at radius 3 is 2.57 bits per heavy atom. The zero-order valence-electron chi connectivity index (χ0n) is 12.4. The van der Waals surface area contributed by atoms with Gasteiger partial charge in [-0.2, -0.15) is 0 Å². The number of benzene rings is 1. The molecular formula is C16H20N2O3. The van der Waals surface area contributed by atoms with Crippen LogP contribution in [0.25, 0.3) is 10.9 Å². The van der Waals surface area contributed by atoms with Gasteiger partial charge in [-0.1, -0.05) is 32.0 Å². The second kappa shape index (κ2) is 5.99. The van der Waals surface area contributed by atoms with Crippen LogP contribution in [0, 0.1) is 12.8 Å². The van der Waals surface area contributed by atoms with Crippen LogP contribution in [-0.4, -0.2) is 28.0 Å². The topological polar surface area (TPSA) is 82.2 Å². The molecule has 0 unspecified atom stereocenters. The third kappa shape index (κ3) is 3.24. The lowest BCUT2D eigenvalue weighted by Gasteiger charge is -2.17. The van der Waals surface area contributed by atoms with Crippen molar-refractivity contribution in [3.63, 3.8) is 0 Å². The SMILES string of the molecule is Cc1[nH]c2ccccc2c1CC(=O)N[C@@H](C(=O)O)C(C)C. The number of carbonyl (C=O) groups excluding carboxylic acids is 1. The molecular weight excluding hydrogens is 268 g/mol. The second-order valence-electron chi connectivity index (χ2n) is 5.58. The number of aromatic nitrogens is 1. The molecule has 0 spiro atoms. The van der Waals surface area contributed by atoms with Gasteiger partial charge in [-0.15, -0.1) is 0 Å². The van der Waals surface area contributed by atoms with Crippen LogP contribution in [0.3, 0.4) is 0 Å². The van der Waals surface area contributed by atoms with E-state index in [0.29, 0.717) is 0 Å². The van der Waals surface area contributed by atoms with Crippen molar-refractivity contribution < 1.29 is 14.7 Å². The summed E-state index contributed by atoms with van der Waals surface area (Å²) < 4.78 is 0. The minimum Gasteiger partial charge on any atom is -0.480 e. The molecule has 1 amide bonds. The maximum atomic E-state index is 12.1. The molecule has 0 radical (unpaired) electrons. The quantitative estimate of drug-likeness (QED) is 0.789. The average Bonchev–Trinajstić information content (AvgIpc) is 2.72. The van der Waals surface area contributed by atoms with Gasteiger partial charge >= 0.3 is 5.97 Å². The molecule has 0 saturated carbocycles. The van der Waals surface area contributed by atoms with E-state index >= 15 is 0 Å². The molecule has 0 aliphatic carbocycles. The monoisotopic (exact) mass is 288 g/mol. The van der Waals surface area contributed by atoms with Gasteiger partial charge in [0.1, 0.15) is 6.04 Å². The Labute approximate surface area is 123 Å². The molecule has 0 bridgehead atoms. The molecule has 1 heterocycles. The minimum atomic E-state index is -1.01. The summed E-state index contributed by atoms with van der Waals surface area (Å²) in [7, 11) is 0. The molecule has 0 fully saturated rings. The van der Waals surface area contributed by atoms with Gasteiger partial charge in [0.15, 0.2) is 0 Å². The van der Waals surface area contributed by atoms with Crippen molar-refractivity contribution in [2.45, 2.75) is 33.2 Å². The van der Waals surface area contributed by atoms with Crippen molar-refractivity contribution in [3.8, 4) is 0 Å². The third-order valence-corrected chi connectivity index (χ3v) is 3.61. The largest absolute Gasteiger partial charge is 0.480 e. The van der Waals surface area contributed by atoms with Crippen LogP contribution >= 0.6 is 0 Å². The van der Waals surface area contributed by atoms with E-state index < -0.39 is 12.0 Å². The zero-order valence-corrected chi connectivity index (χ0v) is 12.4. The molecule has 0 aliphatic heterocycles. The number of nitrogens with one attached hydrogen (secondary N) is 2. The number of aromatic amines is 1. The number of carboxylic acids is 1. The van der Waals surface area contributed by atoms with E-state index in [4.69, 9.17) is 5.11 Å². The number of aliphatic carboxylic acids is 1. The van der Waals surface area contributed by atoms with Crippen LogP contribution in [-0.2, 0) is 16.0 Å². The Bertz CT molecular complexity index is 673. The van der Waals surface area contributed by atoms with Crippen LogP contribution in [0.4, 0.5) is 0 Å². The summed E-state index contributed by atoms with van der Waals surface area (Å²) in [6.07, 6.45) is 0.173. The molecule has 1 aromatic carbocycles. The van der Waals surface area contributed by atoms with Gasteiger partial charge in [0.2, 0.25) is 5.91 Å². The summed E-state index contributed by atoms with van der Waals surface area (Å²) in [5.41, 5.74) is 2.83. The van der Waals surface area contributed by atoms with Crippen molar-refractivity contribution in [1.82, 2.24) is 10.3 Å². The smallest absolute Gasteiger partial charge is 0.326 e. The van der Waals surface area contributed by atoms with Gasteiger partial charge in [-0.05, 0) is 24.5 Å². The van der Waals surface area contributed by atoms with Gasteiger partial charge in [-0.25, -0.2) is 4.79 Å². The van der Waals surface area contributed by atoms with Crippen LogP contribution in [0.1, 0.15) is 25.1 Å². The highest BCUT2D eigenvalue weighted by molar-refractivity contribution is 5.91. The number of H-pyrrole nitrogens is 1. The second-order valence-corrected chi connectivity index (χ2v) is 5.58. The molecule has 1 aromatic heterocycles. The lowest BCUT2D eigenvalue weighted by Crippen LogP contribution is -2.44. The fraction of sp³-hybridized carbons (Fsp3) is 0.375. The summed E-state index contributed by atoms with van der Waals surface area (Å²) in [6.45, 7) is 5.46. The Morgan fingerprint density at radius 1 is 1.29 bits per heavy atom. The predicted octanol–water partition coefficient (Wildman–Crippen LogP) is 2.24. The minimum absolute atomic E-state index is 0.157. The molecule has 2 rings (SSSR count). The number of aryl methyl sites for hydroxylation is 1. The molecule has 2 aromatic rings. The molecule has 0 saturated heterocycles. The first kappa shape index (κ1) is 15.1. The average molecular weight is 288 g/mol. The normalized spacial score (nSPS) is 12.6. The van der Waals surface area contributed by atoms with Crippen LogP contribution in [0.2, 0.25) is 0 Å². The van der Waals surface area contributed by atoms with Crippen molar-refractivity contribution in [2.75, 3.05) is 0 Å². The van der Waals surface area contributed by atoms with E-state index in [2.05, 4.69) is 10.3 Å². The molecule has 5 nitrogen and oxygen atoms in total. The number of amides is 1. The van der Waals surface area contributed by atoms with Crippen LogP contribution in [0.15, 0.2) is 24.3 Å². The van der Waals surface area contributed by atoms with E-state index in [-0.39, 0.29) is 18.2 Å². The molecule has 0 aliphatic rings. The molecule has 1 atom stereocenters. The summed E-state index contributed by atoms with van der Waals surface area (Å²) in [4.78, 5) is 26.5. The lowest BCUT2D eigenvalue weighted by atomic mass is 10.0. The lowest BCUT2D eigenvalue weighted by molar-refractivity contribution is -0.143. The predicted molar refractivity (Wildman–Crippen MR) is 81.1 cm³/mol. The number of carboxylic acid groups (broad SMARTS) is 1. The number of carbonyl (C=O) groups is 2. The fourth-order valence-electron chi connectivity index (χ4n) is 2.46. The van der Waals surface area contributed by atoms with Crippen molar-refractivity contribution in [1.29, 1.82) is 0 Å². The Balaban J connectivity index is 2.18. The summed E-state index contributed by atoms with van der Waals surface area (Å²) in [6, 6.07) is 6.91. The number of fused-ring (bicyclic) bond motifs is 1. The van der Waals surface area contributed by atoms with E-state index in [1.165, 1.54) is 0 Å². The maximum absolute atomic E-state index is 12.1. The van der Waals surface area contributed by atoms with Crippen molar-refractivity contribution in [3.05, 3.63) is 35.5 Å². The Kier molecular flexibility index (Phi) is 4.31. The molecule has 21 heavy (non-hydrogen) atoms. The summed E-state index contributed by atoms with van der Waals surface area (Å²) >= 11 is 0. The van der Waals surface area contributed by atoms with Crippen molar-refractivity contribution in [2.24, 2.45) is 5.92 Å². The standard InChI is InChI=1S/C16H20N2O3/c1-9(2)15(16(20)21)18-14(19)8-12-10(3)17-13-7-5-4-6-11(12)13/h4-7,9,15,17H,8H2,1-3H3,(H,18,19)(H,20,21)/t15-/m1/s1. The van der Waals surface area contributed by atoms with E-state index in [1.54, 1.807) is 13.8 Å². The molecule has 3 N–H and O–H groups in total. The third-order valence-electron chi connectivity index (χ3n) is 3.61. The first-order valence-electron chi connectivity index (χ1n) is 6.98. The van der Waals surface area contributed by atoms with Gasteiger partial charge < -0.3 is 15.4 Å². The maximum Gasteiger partial charge on any atom is 0.326 e. The Hall–Kier alpha value is -2.30. The summed E-state index contributed by atoms with van der Waals surface area (Å²) in [5, 5.41) is 12.7. The highest BCUT2D eigenvalue weighted by Gasteiger charge is 2.24. The highest BCUT2D eigenvalue weighted by atomic mass is 16.4. The number of para-hydroxylation sites is 1. The van der Waals surface area contributed by atoms with E-state index in [0.717, 1.165) is 22.2 Å². The van der Waals surface area contributed by atoms with E-state index in [1.807, 2.05) is 31.2 Å². The zero-order chi connectivity index (χ0) is 15.6. The van der Waals surface area contributed by atoms with Gasteiger partial charge in [0.05, 0.1) is 6.42 Å². The first-order valence-corrected chi connectivity index (χ1v) is 6.98. The van der Waals surface area contributed by atoms with Gasteiger partial charge in [0, 0.05) is 16.6 Å². The number of rotatable bonds is 5. The number of hydrogen-bond acceptors (Lipinski definition) is 2. The molecule has 112 valence electrons. The van der Waals surface area contributed by atoms with Crippen molar-refractivity contribution >= 4 is 22.8 Å². The summed E-state index contributed by atoms with van der Waals surface area (Å²) in [5.74, 6) is -1.44. The fourth-order valence-corrected chi connectivity index (χ4v) is 2.46. The van der Waals surface area contributed by atoms with Gasteiger partial charge in [-0.3, -0.25) is 4.79 Å². The number of hydrogen-bond donors (Lipinski definition) is 3. The van der Waals surface area contributed by atoms with Gasteiger partial charge in [0.25, 0.3) is 0 Å². The van der Waals surface area contributed by atoms with E-state index in [9.17, 15) is 9.59 Å². The van der Waals surface area contributed by atoms with Crippen LogP contribution in [0.5, 0.6) is 0 Å². The highest BCUT2D eigenvalue weighted by Crippen LogP contribution is 2.22. The first-order chi connectivity index (χ1) is 9.90. The van der Waals surface area contributed by atoms with Crippen LogP contribution < -0.4 is 5.32 Å². The Morgan fingerprint density at radius 2 is 1.95 bits per heavy atom.